The minimum Gasteiger partial charge on any atom is -0.381 e. The van der Waals surface area contributed by atoms with Crippen LogP contribution in [-0.2, 0) is 9.53 Å². The van der Waals surface area contributed by atoms with E-state index in [9.17, 15) is 9.59 Å². The predicted molar refractivity (Wildman–Crippen MR) is 81.6 cm³/mol. The molecule has 0 radical (unpaired) electrons. The topological polar surface area (TPSA) is 89.9 Å². The second kappa shape index (κ2) is 5.06. The van der Waals surface area contributed by atoms with Crippen molar-refractivity contribution in [2.75, 3.05) is 26.3 Å². The van der Waals surface area contributed by atoms with Crippen molar-refractivity contribution in [1.29, 1.82) is 0 Å². The Hall–Kier alpha value is -2.41. The summed E-state index contributed by atoms with van der Waals surface area (Å²) in [4.78, 5) is 30.6. The Balaban J connectivity index is 1.63. The van der Waals surface area contributed by atoms with Gasteiger partial charge in [0.2, 0.25) is 5.91 Å². The SMILES string of the molecule is NC(=O)[C@]12CCOC[C@H]1CN(C(=O)c1ccn3cncc3c1)C2. The van der Waals surface area contributed by atoms with E-state index in [0.717, 1.165) is 5.52 Å². The number of aromatic nitrogens is 2. The zero-order chi connectivity index (χ0) is 16.0. The Morgan fingerprint density at radius 3 is 3.09 bits per heavy atom. The molecule has 7 nitrogen and oxygen atoms in total. The van der Waals surface area contributed by atoms with Gasteiger partial charge in [-0.15, -0.1) is 0 Å². The Morgan fingerprint density at radius 1 is 1.43 bits per heavy atom. The van der Waals surface area contributed by atoms with Gasteiger partial charge in [0.25, 0.3) is 5.91 Å². The number of hydrogen-bond acceptors (Lipinski definition) is 4. The molecule has 7 heteroatoms. The number of primary amides is 1. The Labute approximate surface area is 133 Å². The lowest BCUT2D eigenvalue weighted by Gasteiger charge is -2.34. The summed E-state index contributed by atoms with van der Waals surface area (Å²) in [5, 5.41) is 0. The lowest BCUT2D eigenvalue weighted by atomic mass is 9.74. The summed E-state index contributed by atoms with van der Waals surface area (Å²) in [5.74, 6) is -0.424. The van der Waals surface area contributed by atoms with E-state index in [-0.39, 0.29) is 17.7 Å². The normalized spacial score (nSPS) is 27.1. The third-order valence-corrected chi connectivity index (χ3v) is 5.15. The minimum absolute atomic E-state index is 0.0172. The fourth-order valence-electron chi connectivity index (χ4n) is 3.74. The van der Waals surface area contributed by atoms with Crippen LogP contribution < -0.4 is 5.73 Å². The molecule has 0 unspecified atom stereocenters. The van der Waals surface area contributed by atoms with Crippen molar-refractivity contribution in [3.05, 3.63) is 36.4 Å². The van der Waals surface area contributed by atoms with Gasteiger partial charge in [-0.05, 0) is 18.6 Å². The quantitative estimate of drug-likeness (QED) is 0.863. The first kappa shape index (κ1) is 14.2. The number of rotatable bonds is 2. The predicted octanol–water partition coefficient (Wildman–Crippen LogP) is 0.298. The second-order valence-electron chi connectivity index (χ2n) is 6.37. The van der Waals surface area contributed by atoms with Gasteiger partial charge in [-0.3, -0.25) is 9.59 Å². The molecule has 2 atom stereocenters. The molecule has 2 aromatic rings. The van der Waals surface area contributed by atoms with E-state index in [0.29, 0.717) is 38.3 Å². The number of amides is 2. The third-order valence-electron chi connectivity index (χ3n) is 5.15. The van der Waals surface area contributed by atoms with Gasteiger partial charge in [0.05, 0.1) is 30.1 Å². The van der Waals surface area contributed by atoms with Gasteiger partial charge in [0.1, 0.15) is 0 Å². The molecule has 2 fully saturated rings. The molecule has 120 valence electrons. The van der Waals surface area contributed by atoms with Crippen LogP contribution >= 0.6 is 0 Å². The van der Waals surface area contributed by atoms with Crippen LogP contribution in [-0.4, -0.2) is 52.4 Å². The number of imidazole rings is 1. The Morgan fingerprint density at radius 2 is 2.30 bits per heavy atom. The van der Waals surface area contributed by atoms with E-state index in [1.165, 1.54) is 0 Å². The zero-order valence-electron chi connectivity index (χ0n) is 12.6. The Kier molecular flexibility index (Phi) is 3.12. The van der Waals surface area contributed by atoms with Crippen LogP contribution in [0.15, 0.2) is 30.9 Å². The number of nitrogens with two attached hydrogens (primary N) is 1. The van der Waals surface area contributed by atoms with Crippen LogP contribution in [0, 0.1) is 11.3 Å². The molecule has 0 spiro atoms. The molecular weight excluding hydrogens is 296 g/mol. The van der Waals surface area contributed by atoms with Crippen molar-refractivity contribution in [2.45, 2.75) is 6.42 Å². The molecule has 4 rings (SSSR count). The number of ether oxygens (including phenoxy) is 1. The molecule has 0 bridgehead atoms. The summed E-state index contributed by atoms with van der Waals surface area (Å²) in [5.41, 5.74) is 6.47. The van der Waals surface area contributed by atoms with Crippen molar-refractivity contribution in [3.8, 4) is 0 Å². The van der Waals surface area contributed by atoms with Crippen LogP contribution in [0.3, 0.4) is 0 Å². The van der Waals surface area contributed by atoms with E-state index < -0.39 is 5.41 Å². The molecular formula is C16H18N4O3. The molecule has 23 heavy (non-hydrogen) atoms. The lowest BCUT2D eigenvalue weighted by Crippen LogP contribution is -2.48. The van der Waals surface area contributed by atoms with E-state index in [2.05, 4.69) is 4.98 Å². The molecule has 0 aromatic carbocycles. The maximum Gasteiger partial charge on any atom is 0.254 e. The van der Waals surface area contributed by atoms with Crippen LogP contribution in [0.25, 0.3) is 5.52 Å². The third kappa shape index (κ3) is 2.11. The van der Waals surface area contributed by atoms with E-state index >= 15 is 0 Å². The molecule has 0 aliphatic carbocycles. The number of likely N-dealkylation sites (tertiary alicyclic amines) is 1. The summed E-state index contributed by atoms with van der Waals surface area (Å²) < 4.78 is 7.33. The summed E-state index contributed by atoms with van der Waals surface area (Å²) in [6.45, 7) is 1.88. The van der Waals surface area contributed by atoms with Crippen molar-refractivity contribution >= 4 is 17.3 Å². The smallest absolute Gasteiger partial charge is 0.254 e. The molecule has 2 N–H and O–H groups in total. The van der Waals surface area contributed by atoms with Gasteiger partial charge < -0.3 is 19.8 Å². The maximum atomic E-state index is 12.8. The first-order valence-corrected chi connectivity index (χ1v) is 7.69. The van der Waals surface area contributed by atoms with Crippen molar-refractivity contribution in [3.63, 3.8) is 0 Å². The van der Waals surface area contributed by atoms with Gasteiger partial charge in [-0.25, -0.2) is 4.98 Å². The van der Waals surface area contributed by atoms with Crippen LogP contribution in [0.5, 0.6) is 0 Å². The standard InChI is InChI=1S/C16H18N4O3/c17-15(22)16-2-4-23-8-12(16)7-20(9-16)14(21)11-1-3-19-10-18-6-13(19)5-11/h1,3,5-6,10,12H,2,4,7-9H2,(H2,17,22)/t12-,16+/m1/s1. The van der Waals surface area contributed by atoms with E-state index in [1.807, 2.05) is 16.7 Å². The van der Waals surface area contributed by atoms with Gasteiger partial charge in [-0.2, -0.15) is 0 Å². The van der Waals surface area contributed by atoms with Gasteiger partial charge in [0.15, 0.2) is 0 Å². The van der Waals surface area contributed by atoms with Crippen molar-refractivity contribution in [1.82, 2.24) is 14.3 Å². The molecule has 2 aliphatic rings. The highest BCUT2D eigenvalue weighted by Gasteiger charge is 2.53. The molecule has 2 aromatic heterocycles. The highest BCUT2D eigenvalue weighted by atomic mass is 16.5. The zero-order valence-corrected chi connectivity index (χ0v) is 12.6. The maximum absolute atomic E-state index is 12.8. The van der Waals surface area contributed by atoms with Crippen LogP contribution in [0.4, 0.5) is 0 Å². The van der Waals surface area contributed by atoms with Crippen LogP contribution in [0.1, 0.15) is 16.8 Å². The summed E-state index contributed by atoms with van der Waals surface area (Å²) >= 11 is 0. The lowest BCUT2D eigenvalue weighted by molar-refractivity contribution is -0.135. The molecule has 2 saturated heterocycles. The molecule has 2 amide bonds. The largest absolute Gasteiger partial charge is 0.381 e. The molecule has 0 saturated carbocycles. The average molecular weight is 314 g/mol. The van der Waals surface area contributed by atoms with Gasteiger partial charge in [-0.1, -0.05) is 0 Å². The highest BCUT2D eigenvalue weighted by Crippen LogP contribution is 2.42. The summed E-state index contributed by atoms with van der Waals surface area (Å²) in [6, 6.07) is 3.58. The summed E-state index contributed by atoms with van der Waals surface area (Å²) in [7, 11) is 0. The average Bonchev–Trinajstić information content (AvgIpc) is 3.18. The minimum atomic E-state index is -0.644. The fraction of sp³-hybridized carbons (Fsp3) is 0.438. The number of pyridine rings is 1. The van der Waals surface area contributed by atoms with Crippen LogP contribution in [0.2, 0.25) is 0 Å². The summed E-state index contributed by atoms with van der Waals surface area (Å²) in [6.07, 6.45) is 5.79. The molecule has 4 heterocycles. The number of carbonyl (C=O) groups is 2. The highest BCUT2D eigenvalue weighted by molar-refractivity contribution is 5.96. The van der Waals surface area contributed by atoms with Gasteiger partial charge >= 0.3 is 0 Å². The first-order chi connectivity index (χ1) is 11.1. The monoisotopic (exact) mass is 314 g/mol. The van der Waals surface area contributed by atoms with Crippen molar-refractivity contribution < 1.29 is 14.3 Å². The number of fused-ring (bicyclic) bond motifs is 2. The number of hydrogen-bond donors (Lipinski definition) is 1. The second-order valence-corrected chi connectivity index (χ2v) is 6.37. The van der Waals surface area contributed by atoms with Gasteiger partial charge in [0, 0.05) is 37.4 Å². The molecule has 2 aliphatic heterocycles. The van der Waals surface area contributed by atoms with E-state index in [4.69, 9.17) is 10.5 Å². The first-order valence-electron chi connectivity index (χ1n) is 7.69. The number of carbonyl (C=O) groups excluding carboxylic acids is 2. The fourth-order valence-corrected chi connectivity index (χ4v) is 3.74. The number of nitrogens with zero attached hydrogens (tertiary/aromatic N) is 3. The van der Waals surface area contributed by atoms with Crippen molar-refractivity contribution in [2.24, 2.45) is 17.1 Å². The van der Waals surface area contributed by atoms with E-state index in [1.54, 1.807) is 23.5 Å². The Bertz CT molecular complexity index is 786.